The molecule has 6 nitrogen and oxygen atoms in total. The molecule has 0 aliphatic rings. The van der Waals surface area contributed by atoms with Crippen LogP contribution in [-0.2, 0) is 0 Å². The van der Waals surface area contributed by atoms with Gasteiger partial charge >= 0.3 is 0 Å². The van der Waals surface area contributed by atoms with Crippen molar-refractivity contribution in [3.63, 3.8) is 0 Å². The van der Waals surface area contributed by atoms with E-state index in [-0.39, 0.29) is 0 Å². The van der Waals surface area contributed by atoms with Crippen LogP contribution in [0.15, 0.2) is 146 Å². The molecule has 0 N–H and O–H groups in total. The lowest BCUT2D eigenvalue weighted by molar-refractivity contribution is 0.304. The van der Waals surface area contributed by atoms with Crippen LogP contribution in [0, 0.1) is 0 Å². The Hall–Kier alpha value is -8.22. The van der Waals surface area contributed by atoms with Gasteiger partial charge in [-0.15, -0.1) is 0 Å². The summed E-state index contributed by atoms with van der Waals surface area (Å²) in [5, 5.41) is 0. The number of hydrogen-bond acceptors (Lipinski definition) is 6. The van der Waals surface area contributed by atoms with Crippen LogP contribution in [0.5, 0.6) is 34.5 Å². The molecule has 7 aromatic rings. The predicted molar refractivity (Wildman–Crippen MR) is 527 cm³/mol. The standard InChI is InChI=1S/C114H162O6/c1-7-13-19-25-31-37-43-49-91-115-103-73-55-97(56-74-103)67-85-109-110(86-68-98-57-75-104(76-58-98)116-92-50-44-38-32-26-20-14-8-2)112(88-70-100-61-79-106(80-62-100)118-94-52-46-40-34-28-22-16-10-4)114(90-72-102-65-83-108(84-66-102)120-96-54-48-42-36-30-24-18-12-6)113(89-71-101-63-81-107(82-64-101)119-95-53-47-41-35-29-23-17-11-5)111(109)87-69-99-59-77-105(78-60-99)117-93-51-45-39-33-27-21-15-9-3/h55-90H,7-54,91-96H2,1-6H3/b85-67+,86-68+,87-69+,88-70+,89-71+,90-72+. The fourth-order valence-electron chi connectivity index (χ4n) is 15.6. The molecular weight excluding hydrogens is 1470 g/mol. The Balaban J connectivity index is 1.38. The third-order valence-electron chi connectivity index (χ3n) is 23.3. The van der Waals surface area contributed by atoms with Gasteiger partial charge in [0.2, 0.25) is 0 Å². The Labute approximate surface area is 733 Å². The summed E-state index contributed by atoms with van der Waals surface area (Å²) in [7, 11) is 0. The molecule has 0 fully saturated rings. The lowest BCUT2D eigenvalue weighted by atomic mass is 9.84. The first kappa shape index (κ1) is 98.9. The largest absolute Gasteiger partial charge is 0.494 e. The third-order valence-corrected chi connectivity index (χ3v) is 23.3. The highest BCUT2D eigenvalue weighted by Gasteiger charge is 2.19. The molecule has 654 valence electrons. The first-order valence-electron chi connectivity index (χ1n) is 49.1. The number of ether oxygens (including phenoxy) is 6. The zero-order valence-corrected chi connectivity index (χ0v) is 76.4. The Kier molecular flexibility index (Phi) is 54.7. The maximum Gasteiger partial charge on any atom is 0.119 e. The molecule has 0 aromatic heterocycles. The molecule has 0 heterocycles. The van der Waals surface area contributed by atoms with Crippen molar-refractivity contribution in [1.82, 2.24) is 0 Å². The number of rotatable bonds is 72. The van der Waals surface area contributed by atoms with Gasteiger partial charge in [-0.3, -0.25) is 0 Å². The van der Waals surface area contributed by atoms with Gasteiger partial charge in [-0.25, -0.2) is 0 Å². The van der Waals surface area contributed by atoms with Crippen molar-refractivity contribution in [2.75, 3.05) is 39.6 Å². The average Bonchev–Trinajstić information content (AvgIpc) is 0.761. The van der Waals surface area contributed by atoms with E-state index in [4.69, 9.17) is 28.4 Å². The first-order valence-corrected chi connectivity index (χ1v) is 49.1. The van der Waals surface area contributed by atoms with Crippen LogP contribution in [-0.4, -0.2) is 39.6 Å². The molecule has 0 unspecified atom stereocenters. The van der Waals surface area contributed by atoms with Crippen molar-refractivity contribution >= 4 is 72.9 Å². The highest BCUT2D eigenvalue weighted by atomic mass is 16.5. The highest BCUT2D eigenvalue weighted by Crippen LogP contribution is 2.39. The summed E-state index contributed by atoms with van der Waals surface area (Å²) >= 11 is 0. The van der Waals surface area contributed by atoms with Crippen LogP contribution in [0.1, 0.15) is 417 Å². The van der Waals surface area contributed by atoms with Gasteiger partial charge in [0.1, 0.15) is 34.5 Å². The van der Waals surface area contributed by atoms with Crippen LogP contribution in [0.3, 0.4) is 0 Å². The topological polar surface area (TPSA) is 55.4 Å². The molecule has 7 aromatic carbocycles. The number of benzene rings is 7. The molecule has 0 aliphatic heterocycles. The summed E-state index contributed by atoms with van der Waals surface area (Å²) in [6.07, 6.45) is 88.7. The maximum atomic E-state index is 6.43. The molecule has 0 amide bonds. The van der Waals surface area contributed by atoms with Crippen LogP contribution < -0.4 is 28.4 Å². The molecule has 7 rings (SSSR count). The molecule has 0 aliphatic carbocycles. The molecular formula is C114H162O6. The van der Waals surface area contributed by atoms with Gasteiger partial charge in [-0.2, -0.15) is 0 Å². The van der Waals surface area contributed by atoms with Crippen molar-refractivity contribution in [3.8, 4) is 34.5 Å². The predicted octanol–water partition coefficient (Wildman–Crippen LogP) is 35.8. The van der Waals surface area contributed by atoms with Gasteiger partial charge in [0.25, 0.3) is 0 Å². The maximum absolute atomic E-state index is 6.43. The van der Waals surface area contributed by atoms with E-state index in [1.54, 1.807) is 0 Å². The van der Waals surface area contributed by atoms with Gasteiger partial charge < -0.3 is 28.4 Å². The minimum atomic E-state index is 0.723. The van der Waals surface area contributed by atoms with Crippen LogP contribution in [0.4, 0.5) is 0 Å². The SMILES string of the molecule is CCCCCCCCCCOc1ccc(/C=C/c2c(/C=C/c3ccc(OCCCCCCCCCC)cc3)c(/C=C/c3ccc(OCCCCCCCCCC)cc3)c(/C=C/c3ccc(OCCCCCCCCCC)cc3)c(/C=C/c3ccc(OCCCCCCCCCC)cc3)c2/C=C/c2ccc(OCCCCCCCCCC)cc2)cc1. The van der Waals surface area contributed by atoms with Gasteiger partial charge in [0, 0.05) is 0 Å². The quantitative estimate of drug-likeness (QED) is 0.0280. The Bertz CT molecular complexity index is 3170. The van der Waals surface area contributed by atoms with Crippen LogP contribution in [0.25, 0.3) is 72.9 Å². The molecule has 0 spiro atoms. The zero-order chi connectivity index (χ0) is 84.3. The minimum absolute atomic E-state index is 0.723. The summed E-state index contributed by atoms with van der Waals surface area (Å²) in [5.41, 5.74) is 13.0. The second kappa shape index (κ2) is 66.4. The van der Waals surface area contributed by atoms with E-state index >= 15 is 0 Å². The van der Waals surface area contributed by atoms with E-state index in [1.165, 1.54) is 270 Å². The van der Waals surface area contributed by atoms with E-state index in [0.717, 1.165) is 179 Å². The van der Waals surface area contributed by atoms with Crippen molar-refractivity contribution < 1.29 is 28.4 Å². The summed E-state index contributed by atoms with van der Waals surface area (Å²) < 4.78 is 38.6. The van der Waals surface area contributed by atoms with Crippen molar-refractivity contribution in [2.45, 2.75) is 350 Å². The van der Waals surface area contributed by atoms with E-state index in [1.807, 2.05) is 0 Å². The highest BCUT2D eigenvalue weighted by molar-refractivity contribution is 5.99. The van der Waals surface area contributed by atoms with Crippen LogP contribution in [0.2, 0.25) is 0 Å². The molecule has 0 atom stereocenters. The summed E-state index contributed by atoms with van der Waals surface area (Å²) in [6.45, 7) is 18.1. The van der Waals surface area contributed by atoms with E-state index in [0.29, 0.717) is 0 Å². The summed E-state index contributed by atoms with van der Waals surface area (Å²) in [5.74, 6) is 5.41. The van der Waals surface area contributed by atoms with Gasteiger partial charge in [-0.1, -0.05) is 457 Å². The van der Waals surface area contributed by atoms with Gasteiger partial charge in [-0.05, 0) is 178 Å². The van der Waals surface area contributed by atoms with Gasteiger partial charge in [0.15, 0.2) is 0 Å². The summed E-state index contributed by atoms with van der Waals surface area (Å²) in [4.78, 5) is 0. The third kappa shape index (κ3) is 44.0. The fraction of sp³-hybridized carbons (Fsp3) is 0.526. The Morgan fingerprint density at radius 1 is 0.133 bits per heavy atom. The minimum Gasteiger partial charge on any atom is -0.494 e. The molecule has 120 heavy (non-hydrogen) atoms. The lowest BCUT2D eigenvalue weighted by Crippen LogP contribution is -2.01. The molecule has 0 radical (unpaired) electrons. The lowest BCUT2D eigenvalue weighted by Gasteiger charge is -2.20. The summed E-state index contributed by atoms with van der Waals surface area (Å²) in [6, 6.07) is 52.2. The smallest absolute Gasteiger partial charge is 0.119 e. The zero-order valence-electron chi connectivity index (χ0n) is 76.4. The first-order chi connectivity index (χ1) is 59.4. The van der Waals surface area contributed by atoms with E-state index in [9.17, 15) is 0 Å². The molecule has 0 saturated carbocycles. The molecule has 0 bridgehead atoms. The van der Waals surface area contributed by atoms with E-state index in [2.05, 4.69) is 260 Å². The average molecular weight is 1630 g/mol. The Morgan fingerprint density at radius 3 is 0.358 bits per heavy atom. The van der Waals surface area contributed by atoms with E-state index < -0.39 is 0 Å². The number of unbranched alkanes of at least 4 members (excludes halogenated alkanes) is 42. The van der Waals surface area contributed by atoms with Crippen molar-refractivity contribution in [1.29, 1.82) is 0 Å². The van der Waals surface area contributed by atoms with Gasteiger partial charge in [0.05, 0.1) is 39.6 Å². The Morgan fingerprint density at radius 2 is 0.242 bits per heavy atom. The fourth-order valence-corrected chi connectivity index (χ4v) is 15.6. The second-order valence-electron chi connectivity index (χ2n) is 33.8. The monoisotopic (exact) mass is 1630 g/mol. The second-order valence-corrected chi connectivity index (χ2v) is 33.8. The number of hydrogen-bond donors (Lipinski definition) is 0. The van der Waals surface area contributed by atoms with Crippen molar-refractivity contribution in [2.24, 2.45) is 0 Å². The van der Waals surface area contributed by atoms with Crippen molar-refractivity contribution in [3.05, 3.63) is 212 Å². The van der Waals surface area contributed by atoms with Crippen LogP contribution >= 0.6 is 0 Å². The normalized spacial score (nSPS) is 11.8. The molecule has 0 saturated heterocycles. The molecule has 6 heteroatoms.